The van der Waals surface area contributed by atoms with E-state index < -0.39 is 0 Å². The van der Waals surface area contributed by atoms with Gasteiger partial charge in [-0.1, -0.05) is 6.92 Å². The van der Waals surface area contributed by atoms with Crippen LogP contribution in [0.3, 0.4) is 0 Å². The Morgan fingerprint density at radius 1 is 1.62 bits per heavy atom. The second-order valence-corrected chi connectivity index (χ2v) is 4.40. The van der Waals surface area contributed by atoms with Gasteiger partial charge < -0.3 is 10.1 Å². The van der Waals surface area contributed by atoms with Crippen LogP contribution in [0, 0.1) is 5.41 Å². The first-order valence-corrected chi connectivity index (χ1v) is 5.13. The first kappa shape index (κ1) is 9.00. The van der Waals surface area contributed by atoms with Crippen molar-refractivity contribution in [3.8, 4) is 0 Å². The molecular weight excluding hydrogens is 164 g/mol. The van der Waals surface area contributed by atoms with Crippen LogP contribution in [0.1, 0.15) is 26.2 Å². The summed E-state index contributed by atoms with van der Waals surface area (Å²) in [5.41, 5.74) is 0.338. The van der Waals surface area contributed by atoms with E-state index in [0.29, 0.717) is 5.41 Å². The molecule has 0 spiro atoms. The molecule has 0 aromatic rings. The Balaban J connectivity index is 1.77. The third kappa shape index (κ3) is 2.21. The lowest BCUT2D eigenvalue weighted by molar-refractivity contribution is 0.160. The summed E-state index contributed by atoms with van der Waals surface area (Å²) in [6, 6.07) is 0. The van der Waals surface area contributed by atoms with Gasteiger partial charge in [-0.15, -0.1) is 0 Å². The molecule has 0 radical (unpaired) electrons. The Kier molecular flexibility index (Phi) is 2.54. The summed E-state index contributed by atoms with van der Waals surface area (Å²) in [5, 5.41) is 3.43. The van der Waals surface area contributed by atoms with Crippen LogP contribution >= 0.6 is 0 Å². The Morgan fingerprint density at radius 2 is 2.54 bits per heavy atom. The molecule has 0 bridgehead atoms. The summed E-state index contributed by atoms with van der Waals surface area (Å²) in [6.45, 7) is 6.13. The maximum absolute atomic E-state index is 5.40. The van der Waals surface area contributed by atoms with Gasteiger partial charge in [0.2, 0.25) is 0 Å². The molecule has 0 saturated carbocycles. The van der Waals surface area contributed by atoms with E-state index in [2.05, 4.69) is 17.2 Å². The fourth-order valence-corrected chi connectivity index (χ4v) is 1.85. The molecule has 13 heavy (non-hydrogen) atoms. The predicted molar refractivity (Wildman–Crippen MR) is 53.1 cm³/mol. The van der Waals surface area contributed by atoms with Gasteiger partial charge in [0.1, 0.15) is 0 Å². The highest BCUT2D eigenvalue weighted by Gasteiger charge is 2.29. The predicted octanol–water partition coefficient (Wildman–Crippen LogP) is 1.19. The van der Waals surface area contributed by atoms with Crippen molar-refractivity contribution in [3.05, 3.63) is 0 Å². The third-order valence-electron chi connectivity index (χ3n) is 2.89. The largest absolute Gasteiger partial charge is 0.381 e. The lowest BCUT2D eigenvalue weighted by Gasteiger charge is -2.22. The minimum Gasteiger partial charge on any atom is -0.381 e. The molecule has 0 aromatic heterocycles. The highest BCUT2D eigenvalue weighted by atomic mass is 16.5. The van der Waals surface area contributed by atoms with E-state index in [0.717, 1.165) is 32.7 Å². The SMILES string of the molecule is CC1(CNC2=NCCC2)CCOC1. The molecule has 2 aliphatic heterocycles. The normalized spacial score (nSPS) is 33.5. The van der Waals surface area contributed by atoms with Crippen LogP contribution in [-0.2, 0) is 4.74 Å². The van der Waals surface area contributed by atoms with Crippen LogP contribution in [-0.4, -0.2) is 32.1 Å². The van der Waals surface area contributed by atoms with Crippen molar-refractivity contribution < 1.29 is 4.74 Å². The van der Waals surface area contributed by atoms with Crippen molar-refractivity contribution in [2.75, 3.05) is 26.3 Å². The van der Waals surface area contributed by atoms with E-state index in [1.54, 1.807) is 0 Å². The van der Waals surface area contributed by atoms with E-state index in [-0.39, 0.29) is 0 Å². The lowest BCUT2D eigenvalue weighted by Crippen LogP contribution is -2.35. The number of amidine groups is 1. The van der Waals surface area contributed by atoms with Crippen LogP contribution in [0.15, 0.2) is 4.99 Å². The van der Waals surface area contributed by atoms with Gasteiger partial charge in [0, 0.05) is 31.5 Å². The van der Waals surface area contributed by atoms with Crippen molar-refractivity contribution >= 4 is 5.84 Å². The highest BCUT2D eigenvalue weighted by Crippen LogP contribution is 2.26. The number of aliphatic imine (C=N–C) groups is 1. The van der Waals surface area contributed by atoms with Crippen LogP contribution in [0.25, 0.3) is 0 Å². The zero-order valence-corrected chi connectivity index (χ0v) is 8.31. The number of hydrogen-bond donors (Lipinski definition) is 1. The Labute approximate surface area is 79.6 Å². The maximum Gasteiger partial charge on any atom is 0.0963 e. The smallest absolute Gasteiger partial charge is 0.0963 e. The quantitative estimate of drug-likeness (QED) is 0.696. The summed E-state index contributed by atoms with van der Waals surface area (Å²) < 4.78 is 5.40. The maximum atomic E-state index is 5.40. The molecule has 3 heteroatoms. The van der Waals surface area contributed by atoms with E-state index in [1.165, 1.54) is 18.7 Å². The Bertz CT molecular complexity index is 207. The zero-order chi connectivity index (χ0) is 9.15. The van der Waals surface area contributed by atoms with Gasteiger partial charge >= 0.3 is 0 Å². The van der Waals surface area contributed by atoms with Crippen molar-refractivity contribution in [1.29, 1.82) is 0 Å². The van der Waals surface area contributed by atoms with Gasteiger partial charge in [0.25, 0.3) is 0 Å². The minimum atomic E-state index is 0.338. The second kappa shape index (κ2) is 3.66. The van der Waals surface area contributed by atoms with Gasteiger partial charge in [-0.2, -0.15) is 0 Å². The summed E-state index contributed by atoms with van der Waals surface area (Å²) >= 11 is 0. The summed E-state index contributed by atoms with van der Waals surface area (Å²) in [6.07, 6.45) is 3.53. The number of nitrogens with one attached hydrogen (secondary N) is 1. The van der Waals surface area contributed by atoms with Gasteiger partial charge in [-0.25, -0.2) is 0 Å². The number of hydrogen-bond acceptors (Lipinski definition) is 3. The van der Waals surface area contributed by atoms with Crippen LogP contribution in [0.2, 0.25) is 0 Å². The monoisotopic (exact) mass is 182 g/mol. The van der Waals surface area contributed by atoms with E-state index >= 15 is 0 Å². The molecule has 1 atom stereocenters. The van der Waals surface area contributed by atoms with E-state index in [4.69, 9.17) is 4.74 Å². The van der Waals surface area contributed by atoms with E-state index in [1.807, 2.05) is 0 Å². The molecule has 1 saturated heterocycles. The molecule has 0 aliphatic carbocycles. The summed E-state index contributed by atoms with van der Waals surface area (Å²) in [7, 11) is 0. The fourth-order valence-electron chi connectivity index (χ4n) is 1.85. The first-order chi connectivity index (χ1) is 6.29. The molecule has 2 heterocycles. The topological polar surface area (TPSA) is 33.6 Å². The van der Waals surface area contributed by atoms with Crippen molar-refractivity contribution in [2.45, 2.75) is 26.2 Å². The third-order valence-corrected chi connectivity index (χ3v) is 2.89. The Morgan fingerprint density at radius 3 is 3.15 bits per heavy atom. The number of ether oxygens (including phenoxy) is 1. The molecule has 2 rings (SSSR count). The highest BCUT2D eigenvalue weighted by molar-refractivity contribution is 5.83. The molecule has 0 amide bonds. The number of nitrogens with zero attached hydrogens (tertiary/aromatic N) is 1. The zero-order valence-electron chi connectivity index (χ0n) is 8.31. The molecule has 74 valence electrons. The van der Waals surface area contributed by atoms with Crippen LogP contribution in [0.4, 0.5) is 0 Å². The molecular formula is C10H18N2O. The molecule has 0 aromatic carbocycles. The number of rotatable bonds is 2. The summed E-state index contributed by atoms with van der Waals surface area (Å²) in [4.78, 5) is 4.39. The summed E-state index contributed by atoms with van der Waals surface area (Å²) in [5.74, 6) is 1.20. The molecule has 1 N–H and O–H groups in total. The average Bonchev–Trinajstić information content (AvgIpc) is 2.72. The second-order valence-electron chi connectivity index (χ2n) is 4.40. The van der Waals surface area contributed by atoms with E-state index in [9.17, 15) is 0 Å². The average molecular weight is 182 g/mol. The van der Waals surface area contributed by atoms with Crippen molar-refractivity contribution in [3.63, 3.8) is 0 Å². The van der Waals surface area contributed by atoms with Gasteiger partial charge in [-0.05, 0) is 12.8 Å². The molecule has 2 aliphatic rings. The minimum absolute atomic E-state index is 0.338. The Hall–Kier alpha value is -0.570. The molecule has 1 fully saturated rings. The van der Waals surface area contributed by atoms with Crippen LogP contribution < -0.4 is 5.32 Å². The molecule has 3 nitrogen and oxygen atoms in total. The molecule has 1 unspecified atom stereocenters. The van der Waals surface area contributed by atoms with Crippen molar-refractivity contribution in [1.82, 2.24) is 5.32 Å². The lowest BCUT2D eigenvalue weighted by atomic mass is 9.90. The standard InChI is InChI=1S/C10H18N2O/c1-10(4-6-13-8-10)7-12-9-3-2-5-11-9/h2-8H2,1H3,(H,11,12). The fraction of sp³-hybridized carbons (Fsp3) is 0.900. The van der Waals surface area contributed by atoms with Gasteiger partial charge in [0.15, 0.2) is 0 Å². The van der Waals surface area contributed by atoms with Gasteiger partial charge in [0.05, 0.1) is 12.4 Å². The van der Waals surface area contributed by atoms with Crippen LogP contribution in [0.5, 0.6) is 0 Å². The first-order valence-electron chi connectivity index (χ1n) is 5.13. The van der Waals surface area contributed by atoms with Gasteiger partial charge in [-0.3, -0.25) is 4.99 Å². The van der Waals surface area contributed by atoms with Crippen molar-refractivity contribution in [2.24, 2.45) is 10.4 Å².